The highest BCUT2D eigenvalue weighted by molar-refractivity contribution is 9.10. The summed E-state index contributed by atoms with van der Waals surface area (Å²) in [5, 5.41) is 2.85. The Labute approximate surface area is 249 Å². The van der Waals surface area contributed by atoms with Crippen LogP contribution in [-0.4, -0.2) is 50.9 Å². The first-order chi connectivity index (χ1) is 19.4. The molecule has 0 fully saturated rings. The van der Waals surface area contributed by atoms with E-state index in [2.05, 4.69) is 21.2 Å². The lowest BCUT2D eigenvalue weighted by atomic mass is 10.1. The predicted octanol–water partition coefficient (Wildman–Crippen LogP) is 5.37. The second kappa shape index (κ2) is 14.5. The maximum atomic E-state index is 13.9. The summed E-state index contributed by atoms with van der Waals surface area (Å²) in [6.45, 7) is 7.65. The quantitative estimate of drug-likeness (QED) is 0.269. The predicted molar refractivity (Wildman–Crippen MR) is 161 cm³/mol. The topological polar surface area (TPSA) is 96.0 Å². The number of hydrogen-bond donors (Lipinski definition) is 1. The number of ether oxygens (including phenoxy) is 1. The molecule has 11 heteroatoms. The molecular weight excluding hydrogens is 613 g/mol. The molecule has 8 nitrogen and oxygen atoms in total. The fourth-order valence-electron chi connectivity index (χ4n) is 3.96. The third kappa shape index (κ3) is 8.77. The van der Waals surface area contributed by atoms with Crippen LogP contribution in [0.4, 0.5) is 10.1 Å². The number of rotatable bonds is 13. The standard InChI is InChI=1S/C30H35BrFN3O5S/c1-5-40-27-14-16-28(17-15-27)41(38,39)35(26-12-10-25(32)11-13-26)20-29(36)34(19-23-6-8-24(31)9-7-23)22(4)30(37)33-18-21(2)3/h6-17,21-22H,5,18-20H2,1-4H3,(H,33,37). The number of hydrogen-bond acceptors (Lipinski definition) is 5. The molecule has 3 aromatic carbocycles. The van der Waals surface area contributed by atoms with Crippen molar-refractivity contribution in [2.24, 2.45) is 5.92 Å². The van der Waals surface area contributed by atoms with Crippen LogP contribution in [0.2, 0.25) is 0 Å². The number of nitrogens with zero attached hydrogens (tertiary/aromatic N) is 2. The van der Waals surface area contributed by atoms with Gasteiger partial charge in [-0.3, -0.25) is 13.9 Å². The van der Waals surface area contributed by atoms with E-state index in [0.29, 0.717) is 18.9 Å². The fraction of sp³-hybridized carbons (Fsp3) is 0.333. The first kappa shape index (κ1) is 32.1. The summed E-state index contributed by atoms with van der Waals surface area (Å²) in [7, 11) is -4.27. The van der Waals surface area contributed by atoms with Crippen molar-refractivity contribution >= 4 is 43.5 Å². The zero-order valence-corrected chi connectivity index (χ0v) is 25.9. The average Bonchev–Trinajstić information content (AvgIpc) is 2.94. The fourth-order valence-corrected chi connectivity index (χ4v) is 5.64. The molecule has 0 saturated heterocycles. The van der Waals surface area contributed by atoms with Gasteiger partial charge < -0.3 is 15.0 Å². The molecule has 1 atom stereocenters. The van der Waals surface area contributed by atoms with Gasteiger partial charge in [-0.25, -0.2) is 12.8 Å². The Bertz CT molecular complexity index is 1420. The lowest BCUT2D eigenvalue weighted by Gasteiger charge is -2.32. The molecule has 0 saturated carbocycles. The average molecular weight is 649 g/mol. The van der Waals surface area contributed by atoms with Crippen LogP contribution in [0.25, 0.3) is 0 Å². The summed E-state index contributed by atoms with van der Waals surface area (Å²) in [5.41, 5.74) is 0.863. The van der Waals surface area contributed by atoms with Crippen LogP contribution in [0.1, 0.15) is 33.3 Å². The van der Waals surface area contributed by atoms with Gasteiger partial charge >= 0.3 is 0 Å². The smallest absolute Gasteiger partial charge is 0.264 e. The molecule has 0 heterocycles. The van der Waals surface area contributed by atoms with E-state index in [0.717, 1.165) is 26.5 Å². The summed E-state index contributed by atoms with van der Waals surface area (Å²) in [5.74, 6) is -0.801. The van der Waals surface area contributed by atoms with Gasteiger partial charge in [0, 0.05) is 17.6 Å². The van der Waals surface area contributed by atoms with E-state index in [1.807, 2.05) is 45.0 Å². The molecule has 0 spiro atoms. The van der Waals surface area contributed by atoms with Crippen LogP contribution < -0.4 is 14.4 Å². The van der Waals surface area contributed by atoms with Gasteiger partial charge in [-0.2, -0.15) is 0 Å². The SMILES string of the molecule is CCOc1ccc(S(=O)(=O)N(CC(=O)N(Cc2ccc(Br)cc2)C(C)C(=O)NCC(C)C)c2ccc(F)cc2)cc1. The second-order valence-electron chi connectivity index (χ2n) is 9.86. The Hall–Kier alpha value is -3.44. The minimum atomic E-state index is -4.27. The number of carbonyl (C=O) groups excluding carboxylic acids is 2. The van der Waals surface area contributed by atoms with Crippen molar-refractivity contribution in [3.8, 4) is 5.75 Å². The van der Waals surface area contributed by atoms with Gasteiger partial charge in [0.25, 0.3) is 10.0 Å². The Morgan fingerprint density at radius 2 is 1.56 bits per heavy atom. The van der Waals surface area contributed by atoms with Gasteiger partial charge in [0.2, 0.25) is 11.8 Å². The zero-order chi connectivity index (χ0) is 30.2. The lowest BCUT2D eigenvalue weighted by Crippen LogP contribution is -2.51. The minimum Gasteiger partial charge on any atom is -0.494 e. The van der Waals surface area contributed by atoms with Crippen molar-refractivity contribution in [3.63, 3.8) is 0 Å². The molecule has 0 radical (unpaired) electrons. The molecule has 3 rings (SSSR count). The third-order valence-corrected chi connectivity index (χ3v) is 8.55. The van der Waals surface area contributed by atoms with Crippen molar-refractivity contribution in [2.45, 2.75) is 45.2 Å². The number of amides is 2. The maximum Gasteiger partial charge on any atom is 0.264 e. The number of benzene rings is 3. The summed E-state index contributed by atoms with van der Waals surface area (Å²) in [6, 6.07) is 17.1. The van der Waals surface area contributed by atoms with Crippen molar-refractivity contribution in [2.75, 3.05) is 24.0 Å². The Balaban J connectivity index is 1.99. The number of nitrogens with one attached hydrogen (secondary N) is 1. The van der Waals surface area contributed by atoms with Crippen LogP contribution in [0, 0.1) is 11.7 Å². The van der Waals surface area contributed by atoms with Crippen molar-refractivity contribution in [1.29, 1.82) is 0 Å². The van der Waals surface area contributed by atoms with Gasteiger partial charge in [0.1, 0.15) is 24.2 Å². The van der Waals surface area contributed by atoms with Gasteiger partial charge in [-0.05, 0) is 86.0 Å². The summed E-state index contributed by atoms with van der Waals surface area (Å²) >= 11 is 3.39. The number of carbonyl (C=O) groups is 2. The molecule has 3 aromatic rings. The van der Waals surface area contributed by atoms with Crippen LogP contribution in [0.15, 0.2) is 82.2 Å². The molecule has 1 unspecified atom stereocenters. The number of halogens is 2. The van der Waals surface area contributed by atoms with E-state index in [9.17, 15) is 22.4 Å². The van der Waals surface area contributed by atoms with Gasteiger partial charge in [0.15, 0.2) is 0 Å². The van der Waals surface area contributed by atoms with Crippen molar-refractivity contribution in [3.05, 3.63) is 88.6 Å². The maximum absolute atomic E-state index is 13.9. The Morgan fingerprint density at radius 1 is 0.951 bits per heavy atom. The zero-order valence-electron chi connectivity index (χ0n) is 23.5. The Morgan fingerprint density at radius 3 is 2.12 bits per heavy atom. The minimum absolute atomic E-state index is 0.0692. The van der Waals surface area contributed by atoms with Crippen LogP contribution in [0.3, 0.4) is 0 Å². The highest BCUT2D eigenvalue weighted by Crippen LogP contribution is 2.26. The number of sulfonamides is 1. The number of anilines is 1. The second-order valence-corrected chi connectivity index (χ2v) is 12.6. The molecular formula is C30H35BrFN3O5S. The van der Waals surface area contributed by atoms with E-state index < -0.39 is 34.3 Å². The largest absolute Gasteiger partial charge is 0.494 e. The van der Waals surface area contributed by atoms with E-state index in [1.165, 1.54) is 41.3 Å². The highest BCUT2D eigenvalue weighted by Gasteiger charge is 2.32. The molecule has 1 N–H and O–H groups in total. The van der Waals surface area contributed by atoms with E-state index in [1.54, 1.807) is 6.92 Å². The highest BCUT2D eigenvalue weighted by atomic mass is 79.9. The van der Waals surface area contributed by atoms with Crippen LogP contribution >= 0.6 is 15.9 Å². The molecule has 2 amide bonds. The first-order valence-corrected chi connectivity index (χ1v) is 15.5. The third-order valence-electron chi connectivity index (χ3n) is 6.23. The van der Waals surface area contributed by atoms with Crippen molar-refractivity contribution in [1.82, 2.24) is 10.2 Å². The molecule has 0 aliphatic rings. The first-order valence-electron chi connectivity index (χ1n) is 13.2. The van der Waals surface area contributed by atoms with E-state index in [4.69, 9.17) is 4.74 Å². The Kier molecular flexibility index (Phi) is 11.3. The monoisotopic (exact) mass is 647 g/mol. The normalized spacial score (nSPS) is 12.1. The van der Waals surface area contributed by atoms with Gasteiger partial charge in [0.05, 0.1) is 17.2 Å². The molecule has 41 heavy (non-hydrogen) atoms. The van der Waals surface area contributed by atoms with Crippen LogP contribution in [-0.2, 0) is 26.2 Å². The van der Waals surface area contributed by atoms with Crippen LogP contribution in [0.5, 0.6) is 5.75 Å². The lowest BCUT2D eigenvalue weighted by molar-refractivity contribution is -0.139. The molecule has 0 aromatic heterocycles. The summed E-state index contributed by atoms with van der Waals surface area (Å²) in [4.78, 5) is 28.2. The van der Waals surface area contributed by atoms with Gasteiger partial charge in [-0.1, -0.05) is 41.9 Å². The van der Waals surface area contributed by atoms with E-state index in [-0.39, 0.29) is 29.0 Å². The molecule has 0 aliphatic heterocycles. The summed E-state index contributed by atoms with van der Waals surface area (Å²) < 4.78 is 48.7. The van der Waals surface area contributed by atoms with Crippen molar-refractivity contribution < 1.29 is 27.1 Å². The summed E-state index contributed by atoms with van der Waals surface area (Å²) in [6.07, 6.45) is 0. The molecule has 220 valence electrons. The van der Waals surface area contributed by atoms with E-state index >= 15 is 0 Å². The molecule has 0 aliphatic carbocycles. The molecule has 0 bridgehead atoms. The van der Waals surface area contributed by atoms with Gasteiger partial charge in [-0.15, -0.1) is 0 Å².